The molecule has 0 radical (unpaired) electrons. The number of rotatable bonds is 3. The van der Waals surface area contributed by atoms with Gasteiger partial charge in [0.05, 0.1) is 11.6 Å². The highest BCUT2D eigenvalue weighted by atomic mass is 35.5. The van der Waals surface area contributed by atoms with Gasteiger partial charge in [-0.2, -0.15) is 13.2 Å². The van der Waals surface area contributed by atoms with E-state index >= 15 is 0 Å². The van der Waals surface area contributed by atoms with Crippen LogP contribution in [0.5, 0.6) is 0 Å². The lowest BCUT2D eigenvalue weighted by Gasteiger charge is -2.20. The van der Waals surface area contributed by atoms with Crippen molar-refractivity contribution < 1.29 is 18.0 Å². The van der Waals surface area contributed by atoms with Gasteiger partial charge < -0.3 is 10.2 Å². The number of nitrogens with zero attached hydrogens (tertiary/aromatic N) is 1. The molecule has 1 aliphatic heterocycles. The summed E-state index contributed by atoms with van der Waals surface area (Å²) in [6, 6.07) is 2.96. The average Bonchev–Trinajstić information content (AvgIpc) is 2.68. The van der Waals surface area contributed by atoms with Gasteiger partial charge in [-0.15, -0.1) is 0 Å². The molecule has 1 atom stereocenters. The lowest BCUT2D eigenvalue weighted by molar-refractivity contribution is -0.137. The van der Waals surface area contributed by atoms with Crippen molar-refractivity contribution in [2.45, 2.75) is 38.5 Å². The quantitative estimate of drug-likeness (QED) is 0.925. The highest BCUT2D eigenvalue weighted by Gasteiger charge is 2.35. The molecule has 1 fully saturated rings. The fourth-order valence-corrected chi connectivity index (χ4v) is 2.62. The van der Waals surface area contributed by atoms with Gasteiger partial charge in [-0.05, 0) is 24.6 Å². The van der Waals surface area contributed by atoms with Crippen molar-refractivity contribution in [3.63, 3.8) is 0 Å². The molecule has 3 nitrogen and oxygen atoms in total. The summed E-state index contributed by atoms with van der Waals surface area (Å²) in [5.74, 6) is -0.223. The Balaban J connectivity index is 2.27. The molecule has 0 aromatic heterocycles. The second-order valence-electron chi connectivity index (χ2n) is 5.35. The van der Waals surface area contributed by atoms with Crippen molar-refractivity contribution >= 4 is 23.2 Å². The van der Waals surface area contributed by atoms with E-state index in [0.29, 0.717) is 13.0 Å². The molecule has 0 saturated carbocycles. The summed E-state index contributed by atoms with van der Waals surface area (Å²) in [5, 5.41) is 3.07. The minimum Gasteiger partial charge on any atom is -0.311 e. The Hall–Kier alpha value is -1.27. The van der Waals surface area contributed by atoms with Crippen LogP contribution in [0.1, 0.15) is 25.8 Å². The maximum absolute atomic E-state index is 12.8. The third kappa shape index (κ3) is 3.68. The van der Waals surface area contributed by atoms with Gasteiger partial charge in [0.25, 0.3) is 0 Å². The zero-order chi connectivity index (χ0) is 15.8. The zero-order valence-corrected chi connectivity index (χ0v) is 12.4. The first-order valence-corrected chi connectivity index (χ1v) is 7.01. The van der Waals surface area contributed by atoms with Gasteiger partial charge >= 0.3 is 6.18 Å². The summed E-state index contributed by atoms with van der Waals surface area (Å²) in [4.78, 5) is 13.6. The minimum atomic E-state index is -4.49. The molecule has 21 heavy (non-hydrogen) atoms. The van der Waals surface area contributed by atoms with Crippen molar-refractivity contribution in [1.82, 2.24) is 5.32 Å². The second-order valence-corrected chi connectivity index (χ2v) is 5.78. The molecule has 1 unspecified atom stereocenters. The fraction of sp³-hybridized carbons (Fsp3) is 0.500. The Morgan fingerprint density at radius 1 is 1.33 bits per heavy atom. The zero-order valence-electron chi connectivity index (χ0n) is 11.7. The summed E-state index contributed by atoms with van der Waals surface area (Å²) in [6.45, 7) is 4.20. The molecule has 2 rings (SSSR count). The monoisotopic (exact) mass is 320 g/mol. The summed E-state index contributed by atoms with van der Waals surface area (Å²) in [7, 11) is 0. The summed E-state index contributed by atoms with van der Waals surface area (Å²) < 4.78 is 38.4. The van der Waals surface area contributed by atoms with E-state index in [1.54, 1.807) is 0 Å². The van der Waals surface area contributed by atoms with Crippen LogP contribution in [0.2, 0.25) is 5.02 Å². The topological polar surface area (TPSA) is 32.3 Å². The number of nitrogens with one attached hydrogen (secondary N) is 1. The number of halogens is 4. The molecule has 1 heterocycles. The SMILES string of the molecule is CC(C)NC1CCN(c2cc(Cl)cc(C(F)(F)F)c2)C1=O. The molecular formula is C14H16ClF3N2O. The van der Waals surface area contributed by atoms with E-state index < -0.39 is 11.7 Å². The lowest BCUT2D eigenvalue weighted by Crippen LogP contribution is -2.41. The Kier molecular flexibility index (Phi) is 4.49. The maximum atomic E-state index is 12.8. The molecule has 7 heteroatoms. The van der Waals surface area contributed by atoms with E-state index in [4.69, 9.17) is 11.6 Å². The molecule has 1 aliphatic rings. The van der Waals surface area contributed by atoms with Crippen molar-refractivity contribution in [2.24, 2.45) is 0 Å². The normalized spacial score (nSPS) is 19.7. The fourth-order valence-electron chi connectivity index (χ4n) is 2.39. The van der Waals surface area contributed by atoms with E-state index in [0.717, 1.165) is 12.1 Å². The van der Waals surface area contributed by atoms with E-state index in [1.807, 2.05) is 13.8 Å². The number of anilines is 1. The van der Waals surface area contributed by atoms with Crippen LogP contribution in [0, 0.1) is 0 Å². The number of amides is 1. The van der Waals surface area contributed by atoms with Gasteiger partial charge in [0.2, 0.25) is 5.91 Å². The Labute approximate surface area is 126 Å². The van der Waals surface area contributed by atoms with E-state index in [9.17, 15) is 18.0 Å². The van der Waals surface area contributed by atoms with Crippen molar-refractivity contribution in [3.05, 3.63) is 28.8 Å². The van der Waals surface area contributed by atoms with Crippen LogP contribution in [0.25, 0.3) is 0 Å². The van der Waals surface area contributed by atoms with Crippen LogP contribution in [-0.2, 0) is 11.0 Å². The highest BCUT2D eigenvalue weighted by molar-refractivity contribution is 6.31. The molecule has 1 aromatic rings. The smallest absolute Gasteiger partial charge is 0.311 e. The number of hydrogen-bond donors (Lipinski definition) is 1. The standard InChI is InChI=1S/C14H16ClF3N2O/c1-8(2)19-12-3-4-20(13(12)21)11-6-9(14(16,17)18)5-10(15)7-11/h5-8,12,19H,3-4H2,1-2H3. The van der Waals surface area contributed by atoms with E-state index in [2.05, 4.69) is 5.32 Å². The molecule has 1 amide bonds. The number of carbonyl (C=O) groups excluding carboxylic acids is 1. The van der Waals surface area contributed by atoms with Crippen molar-refractivity contribution in [3.8, 4) is 0 Å². The summed E-state index contributed by atoms with van der Waals surface area (Å²) in [6.07, 6.45) is -3.93. The Morgan fingerprint density at radius 2 is 2.00 bits per heavy atom. The van der Waals surface area contributed by atoms with Gasteiger partial charge in [-0.25, -0.2) is 0 Å². The van der Waals surface area contributed by atoms with Crippen molar-refractivity contribution in [1.29, 1.82) is 0 Å². The minimum absolute atomic E-state index is 0.0344. The first kappa shape index (κ1) is 16.1. The van der Waals surface area contributed by atoms with Crippen LogP contribution in [0.4, 0.5) is 18.9 Å². The van der Waals surface area contributed by atoms with Gasteiger partial charge in [0.15, 0.2) is 0 Å². The molecule has 116 valence electrons. The molecule has 0 spiro atoms. The van der Waals surface area contributed by atoms with Gasteiger partial charge in [-0.3, -0.25) is 4.79 Å². The highest BCUT2D eigenvalue weighted by Crippen LogP contribution is 2.35. The van der Waals surface area contributed by atoms with Crippen LogP contribution in [-0.4, -0.2) is 24.5 Å². The van der Waals surface area contributed by atoms with Crippen LogP contribution in [0.3, 0.4) is 0 Å². The molecule has 0 bridgehead atoms. The third-order valence-electron chi connectivity index (χ3n) is 3.26. The lowest BCUT2D eigenvalue weighted by atomic mass is 10.2. The Morgan fingerprint density at radius 3 is 2.57 bits per heavy atom. The number of alkyl halides is 3. The van der Waals surface area contributed by atoms with Gasteiger partial charge in [0.1, 0.15) is 0 Å². The number of carbonyl (C=O) groups is 1. The molecular weight excluding hydrogens is 305 g/mol. The van der Waals surface area contributed by atoms with Crippen LogP contribution < -0.4 is 10.2 Å². The van der Waals surface area contributed by atoms with Crippen LogP contribution >= 0.6 is 11.6 Å². The molecule has 1 saturated heterocycles. The van der Waals surface area contributed by atoms with Crippen LogP contribution in [0.15, 0.2) is 18.2 Å². The van der Waals surface area contributed by atoms with E-state index in [-0.39, 0.29) is 28.7 Å². The molecule has 0 aliphatic carbocycles. The van der Waals surface area contributed by atoms with E-state index in [1.165, 1.54) is 11.0 Å². The first-order valence-electron chi connectivity index (χ1n) is 6.63. The number of benzene rings is 1. The predicted octanol–water partition coefficient (Wildman–Crippen LogP) is 3.46. The molecule has 1 N–H and O–H groups in total. The van der Waals surface area contributed by atoms with Gasteiger partial charge in [0, 0.05) is 23.3 Å². The number of hydrogen-bond acceptors (Lipinski definition) is 2. The summed E-state index contributed by atoms with van der Waals surface area (Å²) in [5.41, 5.74) is -0.661. The maximum Gasteiger partial charge on any atom is 0.416 e. The third-order valence-corrected chi connectivity index (χ3v) is 3.48. The first-order chi connectivity index (χ1) is 9.68. The largest absolute Gasteiger partial charge is 0.416 e. The van der Waals surface area contributed by atoms with Crippen molar-refractivity contribution in [2.75, 3.05) is 11.4 Å². The Bertz CT molecular complexity index is 546. The summed E-state index contributed by atoms with van der Waals surface area (Å²) >= 11 is 5.75. The predicted molar refractivity (Wildman–Crippen MR) is 75.5 cm³/mol. The molecule has 1 aromatic carbocycles. The average molecular weight is 321 g/mol. The second kappa shape index (κ2) is 5.85. The van der Waals surface area contributed by atoms with Gasteiger partial charge in [-0.1, -0.05) is 25.4 Å².